The van der Waals surface area contributed by atoms with Crippen LogP contribution in [0.5, 0.6) is 17.2 Å². The van der Waals surface area contributed by atoms with E-state index in [1.54, 1.807) is 52.8 Å². The molecule has 1 amide bonds. The molecule has 2 aromatic carbocycles. The second kappa shape index (κ2) is 11.8. The van der Waals surface area contributed by atoms with Crippen molar-refractivity contribution in [1.82, 2.24) is 10.3 Å². The van der Waals surface area contributed by atoms with Crippen molar-refractivity contribution in [3.8, 4) is 17.2 Å². The van der Waals surface area contributed by atoms with Crippen molar-refractivity contribution in [1.29, 1.82) is 0 Å². The number of carbonyl (C=O) groups is 4. The van der Waals surface area contributed by atoms with E-state index >= 15 is 0 Å². The lowest BCUT2D eigenvalue weighted by molar-refractivity contribution is -0.143. The van der Waals surface area contributed by atoms with Crippen LogP contribution in [0.15, 0.2) is 46.9 Å². The molecule has 0 saturated heterocycles. The van der Waals surface area contributed by atoms with E-state index in [9.17, 15) is 19.2 Å². The van der Waals surface area contributed by atoms with E-state index < -0.39 is 41.7 Å². The van der Waals surface area contributed by atoms with Crippen molar-refractivity contribution in [2.75, 3.05) is 13.2 Å². The van der Waals surface area contributed by atoms with Crippen LogP contribution in [-0.2, 0) is 14.4 Å². The number of ketones is 1. The predicted molar refractivity (Wildman–Crippen MR) is 135 cm³/mol. The molecule has 38 heavy (non-hydrogen) atoms. The van der Waals surface area contributed by atoms with Crippen LogP contribution in [-0.4, -0.2) is 53.0 Å². The maximum absolute atomic E-state index is 13.2. The summed E-state index contributed by atoms with van der Waals surface area (Å²) in [7, 11) is 0. The fraction of sp³-hybridized carbons (Fsp3) is 0.370. The SMILES string of the molecule is CC(C)[C@H](NC(=O)COc1ccc(OCC(=O)O)cc1)C(=O)c1nc2c(OC(=O)C(C)(C)C)cccc2o1. The number of aliphatic carboxylic acids is 1. The number of nitrogens with zero attached hydrogens (tertiary/aromatic N) is 1. The molecule has 3 rings (SSSR count). The number of carboxylic acid groups (broad SMARTS) is 1. The minimum atomic E-state index is -1.10. The van der Waals surface area contributed by atoms with E-state index in [0.29, 0.717) is 11.5 Å². The maximum atomic E-state index is 13.2. The zero-order valence-corrected chi connectivity index (χ0v) is 21.8. The molecule has 0 spiro atoms. The average Bonchev–Trinajstić information content (AvgIpc) is 3.29. The minimum Gasteiger partial charge on any atom is -0.484 e. The zero-order valence-electron chi connectivity index (χ0n) is 21.8. The second-order valence-corrected chi connectivity index (χ2v) is 9.86. The molecule has 0 unspecified atom stereocenters. The summed E-state index contributed by atoms with van der Waals surface area (Å²) >= 11 is 0. The van der Waals surface area contributed by atoms with Gasteiger partial charge in [0.25, 0.3) is 11.8 Å². The number of nitrogens with one attached hydrogen (secondary N) is 1. The van der Waals surface area contributed by atoms with Crippen LogP contribution in [0.25, 0.3) is 11.1 Å². The molecular weight excluding hydrogens is 496 g/mol. The van der Waals surface area contributed by atoms with Crippen molar-refractivity contribution in [2.24, 2.45) is 11.3 Å². The number of oxazole rings is 1. The van der Waals surface area contributed by atoms with Crippen LogP contribution in [0.2, 0.25) is 0 Å². The molecular formula is C27H30N2O9. The fourth-order valence-corrected chi connectivity index (χ4v) is 3.17. The Morgan fingerprint density at radius 1 is 0.974 bits per heavy atom. The zero-order chi connectivity index (χ0) is 28.0. The summed E-state index contributed by atoms with van der Waals surface area (Å²) in [6, 6.07) is 9.90. The minimum absolute atomic E-state index is 0.170. The number of Topliss-reactive ketones (excluding diaryl/α,β-unsaturated/α-hetero) is 1. The lowest BCUT2D eigenvalue weighted by Crippen LogP contribution is -2.46. The van der Waals surface area contributed by atoms with Gasteiger partial charge in [0, 0.05) is 0 Å². The molecule has 0 radical (unpaired) electrons. The van der Waals surface area contributed by atoms with Gasteiger partial charge in [0.2, 0.25) is 5.78 Å². The van der Waals surface area contributed by atoms with E-state index in [4.69, 9.17) is 23.7 Å². The van der Waals surface area contributed by atoms with Gasteiger partial charge in [-0.05, 0) is 63.1 Å². The van der Waals surface area contributed by atoms with Crippen LogP contribution < -0.4 is 19.5 Å². The van der Waals surface area contributed by atoms with Gasteiger partial charge in [-0.2, -0.15) is 0 Å². The van der Waals surface area contributed by atoms with Gasteiger partial charge in [0.15, 0.2) is 30.1 Å². The van der Waals surface area contributed by atoms with E-state index in [0.717, 1.165) is 0 Å². The van der Waals surface area contributed by atoms with Crippen LogP contribution in [0, 0.1) is 11.3 Å². The van der Waals surface area contributed by atoms with Gasteiger partial charge in [-0.3, -0.25) is 14.4 Å². The van der Waals surface area contributed by atoms with Gasteiger partial charge in [-0.15, -0.1) is 0 Å². The molecule has 1 aromatic heterocycles. The van der Waals surface area contributed by atoms with Crippen LogP contribution in [0.1, 0.15) is 45.3 Å². The number of rotatable bonds is 11. The third-order valence-corrected chi connectivity index (χ3v) is 5.23. The van der Waals surface area contributed by atoms with E-state index in [2.05, 4.69) is 10.3 Å². The van der Waals surface area contributed by atoms with Crippen molar-refractivity contribution >= 4 is 34.7 Å². The summed E-state index contributed by atoms with van der Waals surface area (Å²) in [5.41, 5.74) is -0.252. The molecule has 0 aliphatic carbocycles. The number of ether oxygens (including phenoxy) is 3. The number of aromatic nitrogens is 1. The highest BCUT2D eigenvalue weighted by Gasteiger charge is 2.30. The van der Waals surface area contributed by atoms with Crippen LogP contribution in [0.4, 0.5) is 0 Å². The molecule has 0 aliphatic rings. The molecule has 202 valence electrons. The average molecular weight is 527 g/mol. The first-order valence-electron chi connectivity index (χ1n) is 11.9. The second-order valence-electron chi connectivity index (χ2n) is 9.86. The Balaban J connectivity index is 1.67. The Morgan fingerprint density at radius 2 is 1.58 bits per heavy atom. The van der Waals surface area contributed by atoms with E-state index in [1.807, 2.05) is 0 Å². The predicted octanol–water partition coefficient (Wildman–Crippen LogP) is 3.65. The Kier molecular flexibility index (Phi) is 8.72. The van der Waals surface area contributed by atoms with Gasteiger partial charge in [0.1, 0.15) is 11.5 Å². The summed E-state index contributed by atoms with van der Waals surface area (Å²) in [5, 5.41) is 11.3. The third-order valence-electron chi connectivity index (χ3n) is 5.23. The van der Waals surface area contributed by atoms with Crippen molar-refractivity contribution in [2.45, 2.75) is 40.7 Å². The maximum Gasteiger partial charge on any atom is 0.341 e. The number of hydrogen-bond donors (Lipinski definition) is 2. The van der Waals surface area contributed by atoms with Crippen LogP contribution in [0.3, 0.4) is 0 Å². The summed E-state index contributed by atoms with van der Waals surface area (Å²) in [6.45, 7) is 7.84. The smallest absolute Gasteiger partial charge is 0.341 e. The number of benzene rings is 2. The largest absolute Gasteiger partial charge is 0.484 e. The van der Waals surface area contributed by atoms with Gasteiger partial charge in [-0.1, -0.05) is 19.9 Å². The van der Waals surface area contributed by atoms with Gasteiger partial charge in [0.05, 0.1) is 11.5 Å². The molecule has 11 nitrogen and oxygen atoms in total. The van der Waals surface area contributed by atoms with Gasteiger partial charge in [-0.25, -0.2) is 9.78 Å². The Morgan fingerprint density at radius 3 is 2.13 bits per heavy atom. The summed E-state index contributed by atoms with van der Waals surface area (Å²) in [5.74, 6) is -2.31. The third kappa shape index (κ3) is 7.31. The van der Waals surface area contributed by atoms with Crippen LogP contribution >= 0.6 is 0 Å². The molecule has 0 bridgehead atoms. The summed E-state index contributed by atoms with van der Waals surface area (Å²) in [4.78, 5) is 53.0. The highest BCUT2D eigenvalue weighted by Crippen LogP contribution is 2.29. The van der Waals surface area contributed by atoms with Crippen molar-refractivity contribution < 1.29 is 42.9 Å². The Hall–Kier alpha value is -4.41. The van der Waals surface area contributed by atoms with Gasteiger partial charge < -0.3 is 29.1 Å². The van der Waals surface area contributed by atoms with Gasteiger partial charge >= 0.3 is 11.9 Å². The quantitative estimate of drug-likeness (QED) is 0.215. The molecule has 2 N–H and O–H groups in total. The van der Waals surface area contributed by atoms with E-state index in [1.165, 1.54) is 24.3 Å². The van der Waals surface area contributed by atoms with E-state index in [-0.39, 0.29) is 35.3 Å². The number of para-hydroxylation sites is 1. The summed E-state index contributed by atoms with van der Waals surface area (Å²) in [6.07, 6.45) is 0. The standard InChI is InChI=1S/C27H30N2O9/c1-15(2)22(28-20(30)13-35-16-9-11-17(12-10-16)36-14-21(31)32)24(33)25-29-23-18(37-25)7-6-8-19(23)38-26(34)27(3,4)5/h6-12,15,22H,13-14H2,1-5H3,(H,28,30)(H,31,32)/t22-/m0/s1. The fourth-order valence-electron chi connectivity index (χ4n) is 3.17. The summed E-state index contributed by atoms with van der Waals surface area (Å²) < 4.78 is 21.6. The molecule has 0 fully saturated rings. The highest BCUT2D eigenvalue weighted by molar-refractivity contribution is 6.01. The lowest BCUT2D eigenvalue weighted by Gasteiger charge is -2.19. The number of carboxylic acids is 1. The lowest BCUT2D eigenvalue weighted by atomic mass is 9.97. The van der Waals surface area contributed by atoms with Crippen molar-refractivity contribution in [3.63, 3.8) is 0 Å². The molecule has 3 aromatic rings. The number of carbonyl (C=O) groups excluding carboxylic acids is 3. The number of hydrogen-bond acceptors (Lipinski definition) is 9. The first-order valence-corrected chi connectivity index (χ1v) is 11.9. The normalized spacial score (nSPS) is 12.2. The molecule has 1 atom stereocenters. The highest BCUT2D eigenvalue weighted by atomic mass is 16.5. The first-order chi connectivity index (χ1) is 17.8. The number of amides is 1. The first kappa shape index (κ1) is 28.2. The molecule has 0 aliphatic heterocycles. The van der Waals surface area contributed by atoms with Crippen molar-refractivity contribution in [3.05, 3.63) is 48.4 Å². The Bertz CT molecular complexity index is 1320. The molecule has 1 heterocycles. The number of fused-ring (bicyclic) bond motifs is 1. The number of esters is 1. The Labute approximate surface area is 219 Å². The topological polar surface area (TPSA) is 154 Å². The monoisotopic (exact) mass is 526 g/mol. The molecule has 11 heteroatoms. The molecule has 0 saturated carbocycles.